The van der Waals surface area contributed by atoms with Crippen LogP contribution in [0.5, 0.6) is 5.75 Å². The third-order valence-electron chi connectivity index (χ3n) is 3.78. The lowest BCUT2D eigenvalue weighted by Crippen LogP contribution is -2.45. The van der Waals surface area contributed by atoms with Crippen molar-refractivity contribution in [2.45, 2.75) is 44.6 Å². The van der Waals surface area contributed by atoms with Gasteiger partial charge >= 0.3 is 0 Å². The second kappa shape index (κ2) is 3.24. The zero-order valence-electron chi connectivity index (χ0n) is 8.98. The first-order chi connectivity index (χ1) is 7.19. The first-order valence-electron chi connectivity index (χ1n) is 5.67. The summed E-state index contributed by atoms with van der Waals surface area (Å²) in [5, 5.41) is 0. The Morgan fingerprint density at radius 1 is 1.27 bits per heavy atom. The number of aryl methyl sites for hydroxylation is 2. The van der Waals surface area contributed by atoms with Crippen LogP contribution in [0.2, 0.25) is 0 Å². The zero-order valence-corrected chi connectivity index (χ0v) is 10.6. The van der Waals surface area contributed by atoms with Crippen molar-refractivity contribution in [3.05, 3.63) is 27.7 Å². The molecule has 80 valence electrons. The van der Waals surface area contributed by atoms with Crippen LogP contribution in [0.15, 0.2) is 16.6 Å². The summed E-state index contributed by atoms with van der Waals surface area (Å²) in [6.07, 6.45) is 6.22. The number of hydrogen-bond acceptors (Lipinski definition) is 1. The molecule has 0 radical (unpaired) electrons. The molecule has 15 heavy (non-hydrogen) atoms. The Labute approximate surface area is 99.0 Å². The van der Waals surface area contributed by atoms with E-state index in [2.05, 4.69) is 35.0 Å². The van der Waals surface area contributed by atoms with Crippen LogP contribution in [0.25, 0.3) is 0 Å². The molecule has 0 saturated heterocycles. The van der Waals surface area contributed by atoms with Gasteiger partial charge in [-0.1, -0.05) is 22.0 Å². The minimum Gasteiger partial charge on any atom is -0.487 e. The lowest BCUT2D eigenvalue weighted by Gasteiger charge is -2.45. The Balaban J connectivity index is 1.98. The van der Waals surface area contributed by atoms with E-state index in [9.17, 15) is 0 Å². The van der Waals surface area contributed by atoms with Gasteiger partial charge in [0.1, 0.15) is 11.4 Å². The maximum Gasteiger partial charge on any atom is 0.124 e. The predicted molar refractivity (Wildman–Crippen MR) is 64.4 cm³/mol. The molecule has 1 aromatic carbocycles. The van der Waals surface area contributed by atoms with Gasteiger partial charge in [-0.05, 0) is 56.2 Å². The Bertz CT molecular complexity index is 407. The van der Waals surface area contributed by atoms with Crippen molar-refractivity contribution in [2.75, 3.05) is 0 Å². The van der Waals surface area contributed by atoms with Crippen molar-refractivity contribution in [1.82, 2.24) is 0 Å². The molecule has 1 aliphatic heterocycles. The fourth-order valence-electron chi connectivity index (χ4n) is 2.58. The lowest BCUT2D eigenvalue weighted by molar-refractivity contribution is -0.0250. The van der Waals surface area contributed by atoms with Gasteiger partial charge in [-0.3, -0.25) is 0 Å². The quantitative estimate of drug-likeness (QED) is 0.690. The molecule has 1 spiro atoms. The van der Waals surface area contributed by atoms with Crippen LogP contribution in [-0.2, 0) is 6.42 Å². The van der Waals surface area contributed by atoms with Crippen molar-refractivity contribution in [1.29, 1.82) is 0 Å². The van der Waals surface area contributed by atoms with E-state index in [0.29, 0.717) is 0 Å². The fraction of sp³-hybridized carbons (Fsp3) is 0.538. The van der Waals surface area contributed by atoms with Gasteiger partial charge in [0.15, 0.2) is 0 Å². The van der Waals surface area contributed by atoms with Gasteiger partial charge in [0.05, 0.1) is 0 Å². The number of rotatable bonds is 0. The lowest BCUT2D eigenvalue weighted by atomic mass is 9.74. The molecule has 0 unspecified atom stereocenters. The summed E-state index contributed by atoms with van der Waals surface area (Å²) < 4.78 is 7.33. The monoisotopic (exact) mass is 266 g/mol. The maximum atomic E-state index is 6.16. The van der Waals surface area contributed by atoms with Gasteiger partial charge in [-0.25, -0.2) is 0 Å². The molecule has 1 fully saturated rings. The van der Waals surface area contributed by atoms with Gasteiger partial charge < -0.3 is 4.74 Å². The molecule has 0 amide bonds. The first-order valence-corrected chi connectivity index (χ1v) is 6.46. The number of hydrogen-bond donors (Lipinski definition) is 0. The van der Waals surface area contributed by atoms with Crippen LogP contribution in [0.1, 0.15) is 36.8 Å². The van der Waals surface area contributed by atoms with Crippen LogP contribution in [-0.4, -0.2) is 5.60 Å². The maximum absolute atomic E-state index is 6.16. The Hall–Kier alpha value is -0.500. The summed E-state index contributed by atoms with van der Waals surface area (Å²) in [5.41, 5.74) is 2.90. The molecular formula is C13H15BrO. The van der Waals surface area contributed by atoms with Gasteiger partial charge in [0.2, 0.25) is 0 Å². The van der Waals surface area contributed by atoms with E-state index < -0.39 is 0 Å². The number of halogens is 1. The van der Waals surface area contributed by atoms with E-state index in [1.165, 1.54) is 43.2 Å². The van der Waals surface area contributed by atoms with Crippen molar-refractivity contribution >= 4 is 15.9 Å². The average Bonchev–Trinajstić information content (AvgIpc) is 2.17. The predicted octanol–water partition coefficient (Wildman–Crippen LogP) is 4.01. The fourth-order valence-corrected chi connectivity index (χ4v) is 2.91. The molecule has 0 bridgehead atoms. The minimum absolute atomic E-state index is 0.210. The summed E-state index contributed by atoms with van der Waals surface area (Å²) in [7, 11) is 0. The first kappa shape index (κ1) is 9.71. The van der Waals surface area contributed by atoms with Gasteiger partial charge in [0.25, 0.3) is 0 Å². The van der Waals surface area contributed by atoms with Crippen molar-refractivity contribution < 1.29 is 4.74 Å². The highest BCUT2D eigenvalue weighted by Crippen LogP contribution is 2.45. The van der Waals surface area contributed by atoms with E-state index in [1.54, 1.807) is 0 Å². The molecule has 2 aliphatic rings. The summed E-state index contributed by atoms with van der Waals surface area (Å²) >= 11 is 3.57. The smallest absolute Gasteiger partial charge is 0.124 e. The second-order valence-electron chi connectivity index (χ2n) is 4.85. The minimum atomic E-state index is 0.210. The van der Waals surface area contributed by atoms with Crippen molar-refractivity contribution in [3.8, 4) is 5.75 Å². The van der Waals surface area contributed by atoms with E-state index in [-0.39, 0.29) is 5.60 Å². The highest BCUT2D eigenvalue weighted by Gasteiger charge is 2.41. The molecule has 1 heterocycles. The molecule has 2 heteroatoms. The van der Waals surface area contributed by atoms with Gasteiger partial charge in [0, 0.05) is 4.47 Å². The van der Waals surface area contributed by atoms with Crippen LogP contribution < -0.4 is 4.74 Å². The van der Waals surface area contributed by atoms with Gasteiger partial charge in [-0.15, -0.1) is 0 Å². The van der Waals surface area contributed by atoms with Crippen LogP contribution in [0.3, 0.4) is 0 Å². The van der Waals surface area contributed by atoms with Crippen molar-refractivity contribution in [3.63, 3.8) is 0 Å². The molecule has 0 atom stereocenters. The number of benzene rings is 1. The van der Waals surface area contributed by atoms with E-state index >= 15 is 0 Å². The van der Waals surface area contributed by atoms with Gasteiger partial charge in [-0.2, -0.15) is 0 Å². The summed E-state index contributed by atoms with van der Waals surface area (Å²) in [6.45, 7) is 2.14. The largest absolute Gasteiger partial charge is 0.487 e. The molecule has 1 aromatic rings. The summed E-state index contributed by atoms with van der Waals surface area (Å²) in [5.74, 6) is 1.11. The van der Waals surface area contributed by atoms with Crippen LogP contribution in [0.4, 0.5) is 0 Å². The molecule has 0 N–H and O–H groups in total. The van der Waals surface area contributed by atoms with Crippen LogP contribution in [0, 0.1) is 6.92 Å². The molecule has 3 rings (SSSR count). The number of fused-ring (bicyclic) bond motifs is 1. The summed E-state index contributed by atoms with van der Waals surface area (Å²) in [6, 6.07) is 4.40. The molecule has 1 nitrogen and oxygen atoms in total. The van der Waals surface area contributed by atoms with E-state index in [4.69, 9.17) is 4.74 Å². The summed E-state index contributed by atoms with van der Waals surface area (Å²) in [4.78, 5) is 0. The number of ether oxygens (including phenoxy) is 1. The standard InChI is InChI=1S/C13H15BrO/c1-9-7-10-3-6-13(4-2-5-13)15-12(10)8-11(9)14/h7-8H,2-6H2,1H3. The molecule has 1 saturated carbocycles. The zero-order chi connectivity index (χ0) is 10.5. The van der Waals surface area contributed by atoms with E-state index in [0.717, 1.165) is 10.2 Å². The SMILES string of the molecule is Cc1cc2c(cc1Br)OC1(CCC1)CC2. The molecule has 1 aliphatic carbocycles. The van der Waals surface area contributed by atoms with Crippen LogP contribution >= 0.6 is 15.9 Å². The topological polar surface area (TPSA) is 9.23 Å². The normalized spacial score (nSPS) is 21.7. The molecule has 0 aromatic heterocycles. The van der Waals surface area contributed by atoms with Crippen molar-refractivity contribution in [2.24, 2.45) is 0 Å². The third kappa shape index (κ3) is 1.50. The Kier molecular flexibility index (Phi) is 2.10. The third-order valence-corrected chi connectivity index (χ3v) is 4.64. The highest BCUT2D eigenvalue weighted by molar-refractivity contribution is 9.10. The average molecular weight is 267 g/mol. The Morgan fingerprint density at radius 3 is 2.73 bits per heavy atom. The highest BCUT2D eigenvalue weighted by atomic mass is 79.9. The molecular weight excluding hydrogens is 252 g/mol. The Morgan fingerprint density at radius 2 is 2.07 bits per heavy atom. The van der Waals surface area contributed by atoms with E-state index in [1.807, 2.05) is 0 Å². The second-order valence-corrected chi connectivity index (χ2v) is 5.70.